The second-order valence-electron chi connectivity index (χ2n) is 4.71. The lowest BCUT2D eigenvalue weighted by atomic mass is 10.1. The fourth-order valence-electron chi connectivity index (χ4n) is 2.49. The molecule has 0 radical (unpaired) electrons. The lowest BCUT2D eigenvalue weighted by Crippen LogP contribution is -2.31. The molecule has 1 amide bonds. The summed E-state index contributed by atoms with van der Waals surface area (Å²) in [6.07, 6.45) is 6.97. The smallest absolute Gasteiger partial charge is 0.272 e. The lowest BCUT2D eigenvalue weighted by molar-refractivity contribution is 0.0726. The number of amides is 1. The number of aromatic amines is 1. The molecule has 1 unspecified atom stereocenters. The Morgan fingerprint density at radius 1 is 1.47 bits per heavy atom. The quantitative estimate of drug-likeness (QED) is 0.884. The number of carbonyl (C=O) groups excluding carboxylic acids is 1. The van der Waals surface area contributed by atoms with Crippen LogP contribution in [0.15, 0.2) is 24.7 Å². The monoisotopic (exact) mass is 257 g/mol. The molecule has 0 spiro atoms. The Balaban J connectivity index is 1.88. The molecule has 6 nitrogen and oxygen atoms in total. The Kier molecular flexibility index (Phi) is 2.98. The van der Waals surface area contributed by atoms with Gasteiger partial charge in [0.05, 0.1) is 23.6 Å². The highest BCUT2D eigenvalue weighted by Gasteiger charge is 2.32. The van der Waals surface area contributed by atoms with Crippen LogP contribution in [0.4, 0.5) is 0 Å². The van der Waals surface area contributed by atoms with E-state index in [9.17, 15) is 4.79 Å². The van der Waals surface area contributed by atoms with Gasteiger partial charge in [0.25, 0.3) is 5.91 Å². The van der Waals surface area contributed by atoms with Crippen molar-refractivity contribution in [2.75, 3.05) is 6.54 Å². The zero-order chi connectivity index (χ0) is 13.2. The van der Waals surface area contributed by atoms with Gasteiger partial charge in [-0.05, 0) is 25.8 Å². The molecule has 1 aliphatic rings. The maximum Gasteiger partial charge on any atom is 0.272 e. The Bertz CT molecular complexity index is 580. The van der Waals surface area contributed by atoms with Crippen LogP contribution in [0, 0.1) is 6.92 Å². The summed E-state index contributed by atoms with van der Waals surface area (Å²) in [5, 5.41) is 6.55. The molecule has 2 aromatic heterocycles. The van der Waals surface area contributed by atoms with Crippen LogP contribution in [-0.4, -0.2) is 37.5 Å². The van der Waals surface area contributed by atoms with Gasteiger partial charge in [-0.15, -0.1) is 0 Å². The van der Waals surface area contributed by atoms with E-state index >= 15 is 0 Å². The molecule has 3 rings (SSSR count). The Morgan fingerprint density at radius 3 is 3.11 bits per heavy atom. The average molecular weight is 257 g/mol. The molecule has 1 saturated heterocycles. The van der Waals surface area contributed by atoms with Crippen molar-refractivity contribution in [2.45, 2.75) is 25.8 Å². The first-order valence-corrected chi connectivity index (χ1v) is 6.34. The summed E-state index contributed by atoms with van der Waals surface area (Å²) in [5.74, 6) is -0.0247. The van der Waals surface area contributed by atoms with Crippen LogP contribution in [0.2, 0.25) is 0 Å². The van der Waals surface area contributed by atoms with Crippen LogP contribution in [0.3, 0.4) is 0 Å². The number of aromatic nitrogens is 4. The Hall–Kier alpha value is -2.24. The first-order chi connectivity index (χ1) is 9.25. The van der Waals surface area contributed by atoms with E-state index in [-0.39, 0.29) is 11.9 Å². The van der Waals surface area contributed by atoms with Gasteiger partial charge in [-0.1, -0.05) is 0 Å². The van der Waals surface area contributed by atoms with Gasteiger partial charge in [-0.3, -0.25) is 19.9 Å². The van der Waals surface area contributed by atoms with E-state index in [2.05, 4.69) is 20.2 Å². The van der Waals surface area contributed by atoms with Crippen LogP contribution in [0.5, 0.6) is 0 Å². The molecule has 3 heterocycles. The SMILES string of the molecule is Cc1cncc(C2CCCN2C(=O)c2ccn[nH]2)n1. The highest BCUT2D eigenvalue weighted by atomic mass is 16.2. The van der Waals surface area contributed by atoms with E-state index in [1.165, 1.54) is 0 Å². The number of nitrogens with one attached hydrogen (secondary N) is 1. The van der Waals surface area contributed by atoms with Crippen LogP contribution in [0.25, 0.3) is 0 Å². The van der Waals surface area contributed by atoms with Crippen molar-refractivity contribution in [3.05, 3.63) is 41.7 Å². The van der Waals surface area contributed by atoms with Crippen LogP contribution in [-0.2, 0) is 0 Å². The molecular formula is C13H15N5O. The van der Waals surface area contributed by atoms with E-state index in [1.807, 2.05) is 11.8 Å². The topological polar surface area (TPSA) is 74.8 Å². The van der Waals surface area contributed by atoms with E-state index in [0.717, 1.165) is 30.8 Å². The zero-order valence-electron chi connectivity index (χ0n) is 10.7. The van der Waals surface area contributed by atoms with Crippen molar-refractivity contribution >= 4 is 5.91 Å². The minimum absolute atomic E-state index is 0.0169. The summed E-state index contributed by atoms with van der Waals surface area (Å²) in [6, 6.07) is 1.71. The van der Waals surface area contributed by atoms with Crippen molar-refractivity contribution in [1.82, 2.24) is 25.1 Å². The van der Waals surface area contributed by atoms with Gasteiger partial charge in [-0.2, -0.15) is 5.10 Å². The van der Waals surface area contributed by atoms with Crippen molar-refractivity contribution in [3.8, 4) is 0 Å². The molecule has 6 heteroatoms. The molecule has 0 aromatic carbocycles. The summed E-state index contributed by atoms with van der Waals surface area (Å²) in [4.78, 5) is 22.9. The number of nitrogens with zero attached hydrogens (tertiary/aromatic N) is 4. The molecule has 2 aromatic rings. The number of likely N-dealkylation sites (tertiary alicyclic amines) is 1. The minimum Gasteiger partial charge on any atom is -0.329 e. The third kappa shape index (κ3) is 2.21. The van der Waals surface area contributed by atoms with Crippen LogP contribution >= 0.6 is 0 Å². The average Bonchev–Trinajstić information content (AvgIpc) is 3.09. The normalized spacial score (nSPS) is 18.8. The number of H-pyrrole nitrogens is 1. The summed E-state index contributed by atoms with van der Waals surface area (Å²) < 4.78 is 0. The van der Waals surface area contributed by atoms with Gasteiger partial charge in [0.2, 0.25) is 0 Å². The summed E-state index contributed by atoms with van der Waals surface area (Å²) in [5.41, 5.74) is 2.26. The highest BCUT2D eigenvalue weighted by molar-refractivity contribution is 5.92. The molecule has 1 atom stereocenters. The fraction of sp³-hybridized carbons (Fsp3) is 0.385. The summed E-state index contributed by atoms with van der Waals surface area (Å²) >= 11 is 0. The van der Waals surface area contributed by atoms with Gasteiger partial charge in [0.15, 0.2) is 0 Å². The van der Waals surface area contributed by atoms with Gasteiger partial charge in [0, 0.05) is 18.9 Å². The third-order valence-corrected chi connectivity index (χ3v) is 3.36. The summed E-state index contributed by atoms with van der Waals surface area (Å²) in [7, 11) is 0. The number of hydrogen-bond acceptors (Lipinski definition) is 4. The highest BCUT2D eigenvalue weighted by Crippen LogP contribution is 2.31. The van der Waals surface area contributed by atoms with E-state index < -0.39 is 0 Å². The van der Waals surface area contributed by atoms with Gasteiger partial charge < -0.3 is 4.90 Å². The molecule has 0 aliphatic carbocycles. The van der Waals surface area contributed by atoms with Gasteiger partial charge >= 0.3 is 0 Å². The molecule has 1 fully saturated rings. The Labute approximate surface area is 110 Å². The number of aryl methyl sites for hydroxylation is 1. The number of carbonyl (C=O) groups is 1. The maximum absolute atomic E-state index is 12.4. The van der Waals surface area contributed by atoms with Crippen molar-refractivity contribution < 1.29 is 4.79 Å². The van der Waals surface area contributed by atoms with E-state index in [1.54, 1.807) is 24.7 Å². The van der Waals surface area contributed by atoms with Crippen molar-refractivity contribution in [3.63, 3.8) is 0 Å². The maximum atomic E-state index is 12.4. The molecule has 0 saturated carbocycles. The van der Waals surface area contributed by atoms with Gasteiger partial charge in [0.1, 0.15) is 5.69 Å². The van der Waals surface area contributed by atoms with E-state index in [4.69, 9.17) is 0 Å². The lowest BCUT2D eigenvalue weighted by Gasteiger charge is -2.23. The van der Waals surface area contributed by atoms with Crippen molar-refractivity contribution in [2.24, 2.45) is 0 Å². The van der Waals surface area contributed by atoms with Gasteiger partial charge in [-0.25, -0.2) is 0 Å². The Morgan fingerprint density at radius 2 is 2.37 bits per heavy atom. The predicted octanol–water partition coefficient (Wildman–Crippen LogP) is 1.49. The zero-order valence-corrected chi connectivity index (χ0v) is 10.7. The first kappa shape index (κ1) is 11.8. The molecule has 0 bridgehead atoms. The molecule has 1 aliphatic heterocycles. The van der Waals surface area contributed by atoms with Crippen molar-refractivity contribution in [1.29, 1.82) is 0 Å². The molecule has 98 valence electrons. The second-order valence-corrected chi connectivity index (χ2v) is 4.71. The van der Waals surface area contributed by atoms with Crippen LogP contribution < -0.4 is 0 Å². The molecular weight excluding hydrogens is 242 g/mol. The minimum atomic E-state index is -0.0247. The fourth-order valence-corrected chi connectivity index (χ4v) is 2.49. The number of rotatable bonds is 2. The predicted molar refractivity (Wildman–Crippen MR) is 68.4 cm³/mol. The largest absolute Gasteiger partial charge is 0.329 e. The summed E-state index contributed by atoms with van der Waals surface area (Å²) in [6.45, 7) is 2.66. The number of hydrogen-bond donors (Lipinski definition) is 1. The molecule has 1 N–H and O–H groups in total. The third-order valence-electron chi connectivity index (χ3n) is 3.36. The standard InChI is InChI=1S/C13H15N5O/c1-9-7-14-8-11(16-9)12-3-2-6-18(12)13(19)10-4-5-15-17-10/h4-5,7-8,12H,2-3,6H2,1H3,(H,15,17). The van der Waals surface area contributed by atoms with Crippen LogP contribution in [0.1, 0.15) is 40.8 Å². The molecule has 19 heavy (non-hydrogen) atoms. The first-order valence-electron chi connectivity index (χ1n) is 6.34. The second kappa shape index (κ2) is 4.79. The van der Waals surface area contributed by atoms with E-state index in [0.29, 0.717) is 5.69 Å².